The van der Waals surface area contributed by atoms with Gasteiger partial charge in [-0.05, 0) is 19.3 Å². The van der Waals surface area contributed by atoms with Crippen molar-refractivity contribution in [2.45, 2.75) is 44.8 Å². The predicted octanol–water partition coefficient (Wildman–Crippen LogP) is 1.75. The molecule has 18 heavy (non-hydrogen) atoms. The van der Waals surface area contributed by atoms with E-state index in [1.54, 1.807) is 4.57 Å². The number of carbonyl (C=O) groups is 1. The van der Waals surface area contributed by atoms with Crippen molar-refractivity contribution in [1.82, 2.24) is 14.8 Å². The van der Waals surface area contributed by atoms with Crippen molar-refractivity contribution >= 4 is 17.7 Å². The number of nitrogens with zero attached hydrogens (tertiary/aromatic N) is 2. The highest BCUT2D eigenvalue weighted by Gasteiger charge is 2.17. The molecule has 0 aliphatic rings. The Hall–Kier alpha value is -1.24. The normalized spacial score (nSPS) is 14.4. The van der Waals surface area contributed by atoms with Crippen LogP contribution >= 0.6 is 11.8 Å². The van der Waals surface area contributed by atoms with Gasteiger partial charge in [-0.1, -0.05) is 32.0 Å². The molecular weight excluding hydrogens is 254 g/mol. The van der Waals surface area contributed by atoms with E-state index in [4.69, 9.17) is 5.11 Å². The Morgan fingerprint density at radius 3 is 2.78 bits per heavy atom. The summed E-state index contributed by atoms with van der Waals surface area (Å²) in [6.45, 7) is 6.19. The Kier molecular flexibility index (Phi) is 5.46. The lowest BCUT2D eigenvalue weighted by Gasteiger charge is -2.17. The van der Waals surface area contributed by atoms with Crippen LogP contribution in [0.15, 0.2) is 9.95 Å². The van der Waals surface area contributed by atoms with Gasteiger partial charge in [-0.25, -0.2) is 9.89 Å². The van der Waals surface area contributed by atoms with Crippen LogP contribution < -0.4 is 5.69 Å². The number of aliphatic carboxylic acids is 1. The molecule has 0 aliphatic heterocycles. The van der Waals surface area contributed by atoms with Crippen LogP contribution in [-0.4, -0.2) is 31.6 Å². The van der Waals surface area contributed by atoms with Crippen LogP contribution in [0.5, 0.6) is 0 Å². The smallest absolute Gasteiger partial charge is 0.344 e. The van der Waals surface area contributed by atoms with Crippen molar-refractivity contribution in [2.24, 2.45) is 5.92 Å². The van der Waals surface area contributed by atoms with Crippen LogP contribution in [0.4, 0.5) is 0 Å². The van der Waals surface area contributed by atoms with Gasteiger partial charge in [-0.2, -0.15) is 0 Å². The topological polar surface area (TPSA) is 88.0 Å². The fourth-order valence-electron chi connectivity index (χ4n) is 1.76. The highest BCUT2D eigenvalue weighted by molar-refractivity contribution is 7.99. The van der Waals surface area contributed by atoms with E-state index in [0.717, 1.165) is 24.6 Å². The maximum Gasteiger partial charge on any atom is 0.344 e. The molecule has 0 radical (unpaired) electrons. The molecule has 1 aromatic heterocycles. The van der Waals surface area contributed by atoms with Crippen LogP contribution in [0, 0.1) is 5.92 Å². The summed E-state index contributed by atoms with van der Waals surface area (Å²) in [5.74, 6) is -0.504. The van der Waals surface area contributed by atoms with Crippen molar-refractivity contribution in [3.05, 3.63) is 10.5 Å². The van der Waals surface area contributed by atoms with Gasteiger partial charge >= 0.3 is 11.7 Å². The van der Waals surface area contributed by atoms with E-state index in [0.29, 0.717) is 11.1 Å². The number of aromatic amines is 1. The lowest BCUT2D eigenvalue weighted by Crippen LogP contribution is -2.23. The fraction of sp³-hybridized carbons (Fsp3) is 0.727. The zero-order valence-corrected chi connectivity index (χ0v) is 11.7. The van der Waals surface area contributed by atoms with E-state index in [9.17, 15) is 9.59 Å². The van der Waals surface area contributed by atoms with Gasteiger partial charge in [-0.3, -0.25) is 9.36 Å². The first-order chi connectivity index (χ1) is 8.45. The summed E-state index contributed by atoms with van der Waals surface area (Å²) < 4.78 is 1.54. The van der Waals surface area contributed by atoms with Crippen molar-refractivity contribution in [3.63, 3.8) is 0 Å². The molecule has 0 spiro atoms. The molecule has 0 aliphatic carbocycles. The molecule has 0 bridgehead atoms. The van der Waals surface area contributed by atoms with Crippen LogP contribution in [0.3, 0.4) is 0 Å². The van der Waals surface area contributed by atoms with E-state index in [2.05, 4.69) is 24.0 Å². The van der Waals surface area contributed by atoms with Gasteiger partial charge in [0.05, 0.1) is 5.75 Å². The van der Waals surface area contributed by atoms with Gasteiger partial charge in [0.15, 0.2) is 5.16 Å². The number of carboxylic acids is 1. The number of aromatic nitrogens is 3. The quantitative estimate of drug-likeness (QED) is 0.739. The number of carboxylic acid groups (broad SMARTS) is 1. The SMILES string of the molecule is CCC(C)CC(C)n1c(SCC(=O)O)n[nH]c1=O. The molecular formula is C11H19N3O3S. The molecule has 0 saturated heterocycles. The Labute approximate surface area is 110 Å². The molecule has 0 amide bonds. The number of nitrogens with one attached hydrogen (secondary N) is 1. The van der Waals surface area contributed by atoms with Crippen LogP contribution in [0.25, 0.3) is 0 Å². The molecule has 0 fully saturated rings. The predicted molar refractivity (Wildman–Crippen MR) is 70.0 cm³/mol. The average molecular weight is 273 g/mol. The highest BCUT2D eigenvalue weighted by Crippen LogP contribution is 2.22. The zero-order valence-electron chi connectivity index (χ0n) is 10.8. The second-order valence-corrected chi connectivity index (χ2v) is 5.40. The minimum absolute atomic E-state index is 0.0162. The van der Waals surface area contributed by atoms with E-state index < -0.39 is 5.97 Å². The van der Waals surface area contributed by atoms with Gasteiger partial charge in [0, 0.05) is 6.04 Å². The Balaban J connectivity index is 2.82. The van der Waals surface area contributed by atoms with Crippen molar-refractivity contribution < 1.29 is 9.90 Å². The summed E-state index contributed by atoms with van der Waals surface area (Å²) in [6.07, 6.45) is 1.92. The summed E-state index contributed by atoms with van der Waals surface area (Å²) in [6, 6.07) is 0.0162. The molecule has 2 unspecified atom stereocenters. The van der Waals surface area contributed by atoms with Gasteiger partial charge < -0.3 is 5.11 Å². The third kappa shape index (κ3) is 3.90. The van der Waals surface area contributed by atoms with Crippen LogP contribution in [0.1, 0.15) is 39.7 Å². The maximum absolute atomic E-state index is 11.7. The third-order valence-electron chi connectivity index (χ3n) is 2.88. The Morgan fingerprint density at radius 2 is 2.22 bits per heavy atom. The minimum Gasteiger partial charge on any atom is -0.481 e. The number of H-pyrrole nitrogens is 1. The second-order valence-electron chi connectivity index (χ2n) is 4.46. The molecule has 0 aromatic carbocycles. The van der Waals surface area contributed by atoms with Gasteiger partial charge in [0.1, 0.15) is 0 Å². The third-order valence-corrected chi connectivity index (χ3v) is 3.82. The monoisotopic (exact) mass is 273 g/mol. The number of hydrogen-bond donors (Lipinski definition) is 2. The summed E-state index contributed by atoms with van der Waals surface area (Å²) in [7, 11) is 0. The summed E-state index contributed by atoms with van der Waals surface area (Å²) in [4.78, 5) is 22.2. The Bertz CT molecular complexity index is 455. The van der Waals surface area contributed by atoms with Crippen molar-refractivity contribution in [1.29, 1.82) is 0 Å². The summed E-state index contributed by atoms with van der Waals surface area (Å²) in [5, 5.41) is 15.3. The molecule has 7 heteroatoms. The molecule has 1 rings (SSSR count). The average Bonchev–Trinajstić information content (AvgIpc) is 2.67. The first-order valence-corrected chi connectivity index (χ1v) is 6.95. The standard InChI is InChI=1S/C11H19N3O3S/c1-4-7(2)5-8(3)14-10(17)12-13-11(14)18-6-9(15)16/h7-8H,4-6H2,1-3H3,(H,12,17)(H,15,16). The molecule has 1 aromatic rings. The van der Waals surface area contributed by atoms with Crippen molar-refractivity contribution in [3.8, 4) is 0 Å². The van der Waals surface area contributed by atoms with Crippen LogP contribution in [-0.2, 0) is 4.79 Å². The van der Waals surface area contributed by atoms with Gasteiger partial charge in [0.2, 0.25) is 0 Å². The fourth-order valence-corrected chi connectivity index (χ4v) is 2.53. The van der Waals surface area contributed by atoms with E-state index >= 15 is 0 Å². The second kappa shape index (κ2) is 6.63. The lowest BCUT2D eigenvalue weighted by molar-refractivity contribution is -0.133. The van der Waals surface area contributed by atoms with Crippen molar-refractivity contribution in [2.75, 3.05) is 5.75 Å². The largest absolute Gasteiger partial charge is 0.481 e. The maximum atomic E-state index is 11.7. The molecule has 0 saturated carbocycles. The van der Waals surface area contributed by atoms with E-state index in [-0.39, 0.29) is 17.5 Å². The van der Waals surface area contributed by atoms with E-state index in [1.807, 2.05) is 6.92 Å². The molecule has 1 heterocycles. The number of hydrogen-bond acceptors (Lipinski definition) is 4. The summed E-state index contributed by atoms with van der Waals surface area (Å²) in [5.41, 5.74) is -0.279. The summed E-state index contributed by atoms with van der Waals surface area (Å²) >= 11 is 1.06. The van der Waals surface area contributed by atoms with Gasteiger partial charge in [-0.15, -0.1) is 5.10 Å². The first kappa shape index (κ1) is 14.8. The molecule has 6 nitrogen and oxygen atoms in total. The Morgan fingerprint density at radius 1 is 1.56 bits per heavy atom. The zero-order chi connectivity index (χ0) is 13.7. The number of rotatable bonds is 7. The number of thioether (sulfide) groups is 1. The highest BCUT2D eigenvalue weighted by atomic mass is 32.2. The molecule has 2 atom stereocenters. The first-order valence-electron chi connectivity index (χ1n) is 5.97. The molecule has 102 valence electrons. The lowest BCUT2D eigenvalue weighted by atomic mass is 10.0. The van der Waals surface area contributed by atoms with Crippen LogP contribution in [0.2, 0.25) is 0 Å². The van der Waals surface area contributed by atoms with Gasteiger partial charge in [0.25, 0.3) is 0 Å². The minimum atomic E-state index is -0.920. The van der Waals surface area contributed by atoms with E-state index in [1.165, 1.54) is 0 Å². The molecule has 2 N–H and O–H groups in total.